The fourth-order valence-electron chi connectivity index (χ4n) is 1.20. The zero-order valence-electron chi connectivity index (χ0n) is 8.56. The number of hydrogen-bond donors (Lipinski definition) is 2. The standard InChI is InChI=1S/C10H14N2O3/c1-12(9(13)7-10(14)15)6-4-8-3-2-5-11-8/h2-3,5,11H,4,6-7H2,1H3,(H,14,15). The smallest absolute Gasteiger partial charge is 0.312 e. The number of rotatable bonds is 5. The van der Waals surface area contributed by atoms with E-state index in [4.69, 9.17) is 5.11 Å². The molecule has 0 saturated heterocycles. The Morgan fingerprint density at radius 1 is 1.53 bits per heavy atom. The molecule has 5 nitrogen and oxygen atoms in total. The number of amides is 1. The van der Waals surface area contributed by atoms with Crippen molar-refractivity contribution in [2.45, 2.75) is 12.8 Å². The second-order valence-corrected chi connectivity index (χ2v) is 3.33. The lowest BCUT2D eigenvalue weighted by Gasteiger charge is -2.15. The zero-order valence-corrected chi connectivity index (χ0v) is 8.56. The maximum atomic E-state index is 11.2. The van der Waals surface area contributed by atoms with Gasteiger partial charge in [-0.1, -0.05) is 0 Å². The lowest BCUT2D eigenvalue weighted by atomic mass is 10.3. The molecular weight excluding hydrogens is 196 g/mol. The molecule has 82 valence electrons. The molecule has 0 aliphatic carbocycles. The number of hydrogen-bond acceptors (Lipinski definition) is 2. The van der Waals surface area contributed by atoms with Gasteiger partial charge in [-0.2, -0.15) is 0 Å². The first-order valence-electron chi connectivity index (χ1n) is 4.67. The van der Waals surface area contributed by atoms with Gasteiger partial charge in [-0.25, -0.2) is 0 Å². The summed E-state index contributed by atoms with van der Waals surface area (Å²) in [5.74, 6) is -1.46. The number of carbonyl (C=O) groups is 2. The number of nitrogens with one attached hydrogen (secondary N) is 1. The van der Waals surface area contributed by atoms with Crippen molar-refractivity contribution in [2.24, 2.45) is 0 Å². The highest BCUT2D eigenvalue weighted by Crippen LogP contribution is 1.98. The molecule has 5 heteroatoms. The summed E-state index contributed by atoms with van der Waals surface area (Å²) < 4.78 is 0. The molecule has 0 bridgehead atoms. The molecule has 1 aromatic rings. The first kappa shape index (κ1) is 11.3. The molecule has 2 N–H and O–H groups in total. The van der Waals surface area contributed by atoms with E-state index in [0.717, 1.165) is 5.69 Å². The molecule has 0 spiro atoms. The van der Waals surface area contributed by atoms with Crippen molar-refractivity contribution in [3.05, 3.63) is 24.0 Å². The van der Waals surface area contributed by atoms with Gasteiger partial charge in [-0.3, -0.25) is 9.59 Å². The maximum Gasteiger partial charge on any atom is 0.312 e. The summed E-state index contributed by atoms with van der Waals surface area (Å²) in [5.41, 5.74) is 1.03. The van der Waals surface area contributed by atoms with Gasteiger partial charge in [0.2, 0.25) is 5.91 Å². The predicted molar refractivity (Wildman–Crippen MR) is 54.4 cm³/mol. The highest BCUT2D eigenvalue weighted by atomic mass is 16.4. The van der Waals surface area contributed by atoms with Crippen molar-refractivity contribution in [1.82, 2.24) is 9.88 Å². The lowest BCUT2D eigenvalue weighted by Crippen LogP contribution is -2.30. The fraction of sp³-hybridized carbons (Fsp3) is 0.400. The number of carbonyl (C=O) groups excluding carboxylic acids is 1. The first-order valence-corrected chi connectivity index (χ1v) is 4.67. The summed E-state index contributed by atoms with van der Waals surface area (Å²) in [6, 6.07) is 3.81. The number of aromatic amines is 1. The number of aromatic nitrogens is 1. The van der Waals surface area contributed by atoms with Gasteiger partial charge < -0.3 is 15.0 Å². The second-order valence-electron chi connectivity index (χ2n) is 3.33. The number of carboxylic acid groups (broad SMARTS) is 1. The molecule has 0 saturated carbocycles. The van der Waals surface area contributed by atoms with Crippen LogP contribution in [0, 0.1) is 0 Å². The number of nitrogens with zero attached hydrogens (tertiary/aromatic N) is 1. The Hall–Kier alpha value is -1.78. The van der Waals surface area contributed by atoms with Gasteiger partial charge in [-0.15, -0.1) is 0 Å². The molecule has 0 fully saturated rings. The van der Waals surface area contributed by atoms with E-state index >= 15 is 0 Å². The van der Waals surface area contributed by atoms with E-state index in [2.05, 4.69) is 4.98 Å². The van der Waals surface area contributed by atoms with Crippen molar-refractivity contribution in [2.75, 3.05) is 13.6 Å². The monoisotopic (exact) mass is 210 g/mol. The summed E-state index contributed by atoms with van der Waals surface area (Å²) >= 11 is 0. The first-order chi connectivity index (χ1) is 7.09. The van der Waals surface area contributed by atoms with Crippen LogP contribution in [0.2, 0.25) is 0 Å². The zero-order chi connectivity index (χ0) is 11.3. The van der Waals surface area contributed by atoms with Gasteiger partial charge >= 0.3 is 5.97 Å². The minimum atomic E-state index is -1.09. The van der Waals surface area contributed by atoms with Crippen LogP contribution in [0.25, 0.3) is 0 Å². The van der Waals surface area contributed by atoms with E-state index in [-0.39, 0.29) is 5.91 Å². The second kappa shape index (κ2) is 5.19. The van der Waals surface area contributed by atoms with E-state index in [9.17, 15) is 9.59 Å². The Bertz CT molecular complexity index is 332. The van der Waals surface area contributed by atoms with Crippen molar-refractivity contribution in [3.8, 4) is 0 Å². The van der Waals surface area contributed by atoms with E-state index in [0.29, 0.717) is 13.0 Å². The Morgan fingerprint density at radius 3 is 2.80 bits per heavy atom. The normalized spacial score (nSPS) is 9.93. The third kappa shape index (κ3) is 3.84. The van der Waals surface area contributed by atoms with Crippen LogP contribution in [0.3, 0.4) is 0 Å². The van der Waals surface area contributed by atoms with Gasteiger partial charge in [0.15, 0.2) is 0 Å². The van der Waals surface area contributed by atoms with Gasteiger partial charge in [-0.05, 0) is 12.1 Å². The van der Waals surface area contributed by atoms with Crippen LogP contribution in [-0.2, 0) is 16.0 Å². The van der Waals surface area contributed by atoms with Crippen molar-refractivity contribution in [1.29, 1.82) is 0 Å². The van der Waals surface area contributed by atoms with Crippen molar-refractivity contribution in [3.63, 3.8) is 0 Å². The third-order valence-corrected chi connectivity index (χ3v) is 2.11. The number of aliphatic carboxylic acids is 1. The molecule has 0 aliphatic rings. The number of likely N-dealkylation sites (N-methyl/N-ethyl adjacent to an activating group) is 1. The highest BCUT2D eigenvalue weighted by molar-refractivity contribution is 5.93. The minimum absolute atomic E-state index is 0.367. The van der Waals surface area contributed by atoms with E-state index in [1.54, 1.807) is 7.05 Å². The quantitative estimate of drug-likeness (QED) is 0.694. The van der Waals surface area contributed by atoms with Gasteiger partial charge in [0.05, 0.1) is 0 Å². The molecule has 0 radical (unpaired) electrons. The number of carboxylic acids is 1. The van der Waals surface area contributed by atoms with Crippen LogP contribution in [-0.4, -0.2) is 40.5 Å². The predicted octanol–water partition coefficient (Wildman–Crippen LogP) is 0.490. The molecule has 1 rings (SSSR count). The molecule has 0 aliphatic heterocycles. The SMILES string of the molecule is CN(CCc1ccc[nH]1)C(=O)CC(=O)O. The minimum Gasteiger partial charge on any atom is -0.481 e. The number of H-pyrrole nitrogens is 1. The molecule has 0 aromatic carbocycles. The average molecular weight is 210 g/mol. The molecule has 0 atom stereocenters. The van der Waals surface area contributed by atoms with Crippen LogP contribution < -0.4 is 0 Å². The Kier molecular flexibility index (Phi) is 3.91. The Balaban J connectivity index is 2.32. The summed E-state index contributed by atoms with van der Waals surface area (Å²) in [6.07, 6.45) is 2.07. The molecule has 1 aromatic heterocycles. The van der Waals surface area contributed by atoms with E-state index in [1.807, 2.05) is 18.3 Å². The average Bonchev–Trinajstić information content (AvgIpc) is 2.65. The highest BCUT2D eigenvalue weighted by Gasteiger charge is 2.12. The molecule has 0 unspecified atom stereocenters. The Labute approximate surface area is 87.7 Å². The molecule has 1 heterocycles. The molecule has 15 heavy (non-hydrogen) atoms. The van der Waals surface area contributed by atoms with Crippen molar-refractivity contribution >= 4 is 11.9 Å². The van der Waals surface area contributed by atoms with Crippen LogP contribution in [0.4, 0.5) is 0 Å². The van der Waals surface area contributed by atoms with E-state index < -0.39 is 12.4 Å². The van der Waals surface area contributed by atoms with Crippen LogP contribution in [0.5, 0.6) is 0 Å². The van der Waals surface area contributed by atoms with Crippen LogP contribution in [0.15, 0.2) is 18.3 Å². The Morgan fingerprint density at radius 2 is 2.27 bits per heavy atom. The van der Waals surface area contributed by atoms with E-state index in [1.165, 1.54) is 4.90 Å². The van der Waals surface area contributed by atoms with Gasteiger partial charge in [0.25, 0.3) is 0 Å². The third-order valence-electron chi connectivity index (χ3n) is 2.11. The van der Waals surface area contributed by atoms with Gasteiger partial charge in [0, 0.05) is 31.9 Å². The summed E-state index contributed by atoms with van der Waals surface area (Å²) in [4.78, 5) is 26.0. The van der Waals surface area contributed by atoms with Crippen LogP contribution in [0.1, 0.15) is 12.1 Å². The van der Waals surface area contributed by atoms with Crippen LogP contribution >= 0.6 is 0 Å². The summed E-state index contributed by atoms with van der Waals surface area (Å²) in [7, 11) is 1.61. The summed E-state index contributed by atoms with van der Waals surface area (Å²) in [5, 5.41) is 8.43. The lowest BCUT2D eigenvalue weighted by molar-refractivity contribution is -0.143. The topological polar surface area (TPSA) is 73.4 Å². The summed E-state index contributed by atoms with van der Waals surface area (Å²) in [6.45, 7) is 0.520. The molecular formula is C10H14N2O3. The maximum absolute atomic E-state index is 11.2. The largest absolute Gasteiger partial charge is 0.481 e. The fourth-order valence-corrected chi connectivity index (χ4v) is 1.20. The van der Waals surface area contributed by atoms with Crippen molar-refractivity contribution < 1.29 is 14.7 Å². The van der Waals surface area contributed by atoms with Gasteiger partial charge in [0.1, 0.15) is 6.42 Å². The molecule has 1 amide bonds.